The van der Waals surface area contributed by atoms with Gasteiger partial charge in [0.05, 0.1) is 6.04 Å². The summed E-state index contributed by atoms with van der Waals surface area (Å²) < 4.78 is 0. The molecule has 0 spiro atoms. The molecule has 1 atom stereocenters. The maximum Gasteiger partial charge on any atom is 0.226 e. The van der Waals surface area contributed by atoms with Gasteiger partial charge in [0.25, 0.3) is 0 Å². The maximum atomic E-state index is 12.4. The number of nitrogens with zero attached hydrogens (tertiary/aromatic N) is 1. The van der Waals surface area contributed by atoms with Crippen molar-refractivity contribution in [3.8, 4) is 0 Å². The van der Waals surface area contributed by atoms with Crippen LogP contribution in [0.5, 0.6) is 0 Å². The van der Waals surface area contributed by atoms with E-state index in [1.165, 1.54) is 19.3 Å². The molecule has 3 N–H and O–H groups in total. The van der Waals surface area contributed by atoms with Crippen molar-refractivity contribution in [1.82, 2.24) is 10.2 Å². The Bertz CT molecular complexity index is 238. The Balaban J connectivity index is 1.95. The van der Waals surface area contributed by atoms with Crippen LogP contribution in [0.3, 0.4) is 0 Å². The lowest BCUT2D eigenvalue weighted by molar-refractivity contribution is -0.139. The second-order valence-corrected chi connectivity index (χ2v) is 4.96. The highest BCUT2D eigenvalue weighted by molar-refractivity contribution is 5.79. The van der Waals surface area contributed by atoms with Crippen LogP contribution < -0.4 is 11.1 Å². The van der Waals surface area contributed by atoms with Crippen LogP contribution in [0, 0.1) is 5.92 Å². The molecule has 0 radical (unpaired) electrons. The average Bonchev–Trinajstić information content (AvgIpc) is 2.39. The van der Waals surface area contributed by atoms with E-state index in [0.717, 1.165) is 32.5 Å². The summed E-state index contributed by atoms with van der Waals surface area (Å²) in [6.45, 7) is 3.17. The third-order valence-electron chi connectivity index (χ3n) is 3.86. The zero-order valence-electron chi connectivity index (χ0n) is 9.95. The number of hydrogen-bond donors (Lipinski definition) is 2. The summed E-state index contributed by atoms with van der Waals surface area (Å²) in [6.07, 6.45) is 5.90. The maximum absolute atomic E-state index is 12.4. The first-order valence-corrected chi connectivity index (χ1v) is 6.54. The van der Waals surface area contributed by atoms with Gasteiger partial charge in [0.15, 0.2) is 0 Å². The molecular weight excluding hydrogens is 202 g/mol. The van der Waals surface area contributed by atoms with E-state index in [-0.39, 0.29) is 12.0 Å². The van der Waals surface area contributed by atoms with Gasteiger partial charge in [0, 0.05) is 32.1 Å². The molecule has 2 fully saturated rings. The SMILES string of the molecule is NCC1CNCCN1C(=O)C1CCCCC1. The Hall–Kier alpha value is -0.610. The van der Waals surface area contributed by atoms with E-state index in [1.54, 1.807) is 0 Å². The minimum Gasteiger partial charge on any atom is -0.336 e. The van der Waals surface area contributed by atoms with E-state index in [4.69, 9.17) is 5.73 Å². The van der Waals surface area contributed by atoms with Crippen LogP contribution >= 0.6 is 0 Å². The lowest BCUT2D eigenvalue weighted by Gasteiger charge is -2.38. The molecule has 1 unspecified atom stereocenters. The zero-order chi connectivity index (χ0) is 11.4. The minimum absolute atomic E-state index is 0.211. The van der Waals surface area contributed by atoms with E-state index < -0.39 is 0 Å². The number of nitrogens with one attached hydrogen (secondary N) is 1. The molecule has 0 aromatic heterocycles. The van der Waals surface area contributed by atoms with Gasteiger partial charge >= 0.3 is 0 Å². The van der Waals surface area contributed by atoms with Gasteiger partial charge in [0.2, 0.25) is 5.91 Å². The molecule has 0 aromatic carbocycles. The highest BCUT2D eigenvalue weighted by atomic mass is 16.2. The summed E-state index contributed by atoms with van der Waals surface area (Å²) in [4.78, 5) is 14.4. The molecule has 0 aromatic rings. The van der Waals surface area contributed by atoms with Crippen molar-refractivity contribution >= 4 is 5.91 Å². The molecule has 4 nitrogen and oxygen atoms in total. The fourth-order valence-electron chi connectivity index (χ4n) is 2.85. The molecule has 1 heterocycles. The molecule has 1 aliphatic carbocycles. The Morgan fingerprint density at radius 2 is 2.06 bits per heavy atom. The first-order valence-electron chi connectivity index (χ1n) is 6.54. The van der Waals surface area contributed by atoms with Crippen LogP contribution in [0.1, 0.15) is 32.1 Å². The van der Waals surface area contributed by atoms with Crippen molar-refractivity contribution < 1.29 is 4.79 Å². The second-order valence-electron chi connectivity index (χ2n) is 4.96. The van der Waals surface area contributed by atoms with Crippen molar-refractivity contribution in [1.29, 1.82) is 0 Å². The van der Waals surface area contributed by atoms with Gasteiger partial charge in [0.1, 0.15) is 0 Å². The van der Waals surface area contributed by atoms with Gasteiger partial charge in [-0.2, -0.15) is 0 Å². The van der Waals surface area contributed by atoms with E-state index >= 15 is 0 Å². The number of carbonyl (C=O) groups excluding carboxylic acids is 1. The molecule has 1 saturated heterocycles. The summed E-state index contributed by atoms with van der Waals surface area (Å²) >= 11 is 0. The van der Waals surface area contributed by atoms with Crippen LogP contribution in [0.25, 0.3) is 0 Å². The van der Waals surface area contributed by atoms with Crippen molar-refractivity contribution in [2.75, 3.05) is 26.2 Å². The van der Waals surface area contributed by atoms with Crippen LogP contribution in [0.2, 0.25) is 0 Å². The van der Waals surface area contributed by atoms with E-state index in [1.807, 2.05) is 4.90 Å². The van der Waals surface area contributed by atoms with Crippen molar-refractivity contribution in [3.63, 3.8) is 0 Å². The van der Waals surface area contributed by atoms with Gasteiger partial charge in [-0.25, -0.2) is 0 Å². The minimum atomic E-state index is 0.211. The van der Waals surface area contributed by atoms with Gasteiger partial charge in [-0.15, -0.1) is 0 Å². The summed E-state index contributed by atoms with van der Waals surface area (Å²) in [5, 5.41) is 3.30. The smallest absolute Gasteiger partial charge is 0.226 e. The monoisotopic (exact) mass is 225 g/mol. The fourth-order valence-corrected chi connectivity index (χ4v) is 2.85. The van der Waals surface area contributed by atoms with Gasteiger partial charge in [-0.1, -0.05) is 19.3 Å². The number of nitrogens with two attached hydrogens (primary N) is 1. The van der Waals surface area contributed by atoms with Crippen LogP contribution in [-0.2, 0) is 4.79 Å². The predicted octanol–water partition coefficient (Wildman–Crippen LogP) is 0.326. The topological polar surface area (TPSA) is 58.4 Å². The molecule has 1 aliphatic heterocycles. The number of carbonyl (C=O) groups is 1. The first kappa shape index (κ1) is 11.9. The number of rotatable bonds is 2. The highest BCUT2D eigenvalue weighted by Crippen LogP contribution is 2.26. The molecule has 4 heteroatoms. The number of hydrogen-bond acceptors (Lipinski definition) is 3. The second kappa shape index (κ2) is 5.64. The van der Waals surface area contributed by atoms with Gasteiger partial charge in [-0.05, 0) is 12.8 Å². The normalized spacial score (nSPS) is 28.1. The molecule has 1 amide bonds. The summed E-state index contributed by atoms with van der Waals surface area (Å²) in [7, 11) is 0. The zero-order valence-corrected chi connectivity index (χ0v) is 9.95. The molecule has 0 bridgehead atoms. The van der Waals surface area contributed by atoms with Crippen LogP contribution in [0.15, 0.2) is 0 Å². The first-order chi connectivity index (χ1) is 7.83. The Morgan fingerprint density at radius 3 is 2.75 bits per heavy atom. The third kappa shape index (κ3) is 2.55. The Morgan fingerprint density at radius 1 is 1.31 bits per heavy atom. The number of piperazine rings is 1. The van der Waals surface area contributed by atoms with Gasteiger partial charge < -0.3 is 16.0 Å². The number of amides is 1. The molecular formula is C12H23N3O. The van der Waals surface area contributed by atoms with E-state index in [2.05, 4.69) is 5.32 Å². The quantitative estimate of drug-likeness (QED) is 0.712. The summed E-state index contributed by atoms with van der Waals surface area (Å²) in [5.41, 5.74) is 5.73. The van der Waals surface area contributed by atoms with Crippen molar-refractivity contribution in [3.05, 3.63) is 0 Å². The summed E-state index contributed by atoms with van der Waals surface area (Å²) in [5.74, 6) is 0.637. The molecule has 2 rings (SSSR count). The summed E-state index contributed by atoms with van der Waals surface area (Å²) in [6, 6.07) is 0.211. The van der Waals surface area contributed by atoms with Crippen LogP contribution in [-0.4, -0.2) is 43.0 Å². The molecule has 2 aliphatic rings. The fraction of sp³-hybridized carbons (Fsp3) is 0.917. The lowest BCUT2D eigenvalue weighted by atomic mass is 9.87. The van der Waals surface area contributed by atoms with Gasteiger partial charge in [-0.3, -0.25) is 4.79 Å². The van der Waals surface area contributed by atoms with Crippen molar-refractivity contribution in [2.45, 2.75) is 38.1 Å². The Kier molecular flexibility index (Phi) is 4.18. The molecule has 92 valence electrons. The van der Waals surface area contributed by atoms with Crippen molar-refractivity contribution in [2.24, 2.45) is 11.7 Å². The van der Waals surface area contributed by atoms with Crippen LogP contribution in [0.4, 0.5) is 0 Å². The molecule has 16 heavy (non-hydrogen) atoms. The van der Waals surface area contributed by atoms with E-state index in [9.17, 15) is 4.79 Å². The Labute approximate surface area is 97.6 Å². The lowest BCUT2D eigenvalue weighted by Crippen LogP contribution is -2.57. The van der Waals surface area contributed by atoms with E-state index in [0.29, 0.717) is 12.5 Å². The standard InChI is InChI=1S/C12H23N3O/c13-8-11-9-14-6-7-15(11)12(16)10-4-2-1-3-5-10/h10-11,14H,1-9,13H2. The predicted molar refractivity (Wildman–Crippen MR) is 64.0 cm³/mol. The largest absolute Gasteiger partial charge is 0.336 e. The molecule has 1 saturated carbocycles. The average molecular weight is 225 g/mol. The highest BCUT2D eigenvalue weighted by Gasteiger charge is 2.31. The third-order valence-corrected chi connectivity index (χ3v) is 3.86.